The summed E-state index contributed by atoms with van der Waals surface area (Å²) >= 11 is 0. The van der Waals surface area contributed by atoms with Crippen molar-refractivity contribution in [3.63, 3.8) is 0 Å². The van der Waals surface area contributed by atoms with Gasteiger partial charge < -0.3 is 9.64 Å². The van der Waals surface area contributed by atoms with Gasteiger partial charge in [0.15, 0.2) is 0 Å². The minimum atomic E-state index is -4.30. The van der Waals surface area contributed by atoms with E-state index in [2.05, 4.69) is 11.8 Å². The first-order valence-corrected chi connectivity index (χ1v) is 7.03. The van der Waals surface area contributed by atoms with Crippen molar-refractivity contribution in [3.8, 4) is 0 Å². The van der Waals surface area contributed by atoms with Crippen molar-refractivity contribution in [3.05, 3.63) is 34.9 Å². The molecule has 2 unspecified atom stereocenters. The molecule has 2 heterocycles. The van der Waals surface area contributed by atoms with Crippen LogP contribution in [0.4, 0.5) is 13.2 Å². The van der Waals surface area contributed by atoms with E-state index in [-0.39, 0.29) is 18.6 Å². The maximum atomic E-state index is 13.1. The molecule has 0 aliphatic carbocycles. The van der Waals surface area contributed by atoms with Gasteiger partial charge in [-0.3, -0.25) is 0 Å². The zero-order chi connectivity index (χ0) is 14.3. The molecule has 2 nitrogen and oxygen atoms in total. The number of fused-ring (bicyclic) bond motifs is 3. The highest BCUT2D eigenvalue weighted by Gasteiger charge is 2.42. The Morgan fingerprint density at radius 1 is 1.30 bits per heavy atom. The normalized spacial score (nSPS) is 26.4. The zero-order valence-corrected chi connectivity index (χ0v) is 11.4. The van der Waals surface area contributed by atoms with E-state index in [9.17, 15) is 13.2 Å². The van der Waals surface area contributed by atoms with Crippen LogP contribution in [0.5, 0.6) is 0 Å². The van der Waals surface area contributed by atoms with E-state index in [1.54, 1.807) is 0 Å². The summed E-state index contributed by atoms with van der Waals surface area (Å²) in [5, 5.41) is 0. The van der Waals surface area contributed by atoms with Crippen molar-refractivity contribution in [1.29, 1.82) is 0 Å². The maximum absolute atomic E-state index is 13.1. The van der Waals surface area contributed by atoms with Crippen LogP contribution in [0.3, 0.4) is 0 Å². The summed E-state index contributed by atoms with van der Waals surface area (Å²) in [5.74, 6) is 0.0765. The number of likely N-dealkylation sites (tertiary alicyclic amines) is 1. The van der Waals surface area contributed by atoms with Crippen molar-refractivity contribution in [2.45, 2.75) is 38.1 Å². The molecule has 5 heteroatoms. The van der Waals surface area contributed by atoms with Gasteiger partial charge in [0.1, 0.15) is 0 Å². The Labute approximate surface area is 116 Å². The molecule has 0 radical (unpaired) electrons. The molecule has 0 N–H and O–H groups in total. The van der Waals surface area contributed by atoms with Crippen LogP contribution in [0.1, 0.15) is 36.0 Å². The molecule has 0 spiro atoms. The molecule has 0 aromatic heterocycles. The monoisotopic (exact) mass is 285 g/mol. The third-order valence-corrected chi connectivity index (χ3v) is 4.24. The number of hydrogen-bond donors (Lipinski definition) is 0. The highest BCUT2D eigenvalue weighted by Crippen LogP contribution is 2.42. The molecule has 3 rings (SSSR count). The average molecular weight is 285 g/mol. The molecule has 0 bridgehead atoms. The van der Waals surface area contributed by atoms with Gasteiger partial charge >= 0.3 is 6.18 Å². The van der Waals surface area contributed by atoms with Gasteiger partial charge in [-0.1, -0.05) is 19.1 Å². The van der Waals surface area contributed by atoms with Gasteiger partial charge in [-0.05, 0) is 30.2 Å². The Morgan fingerprint density at radius 3 is 2.80 bits per heavy atom. The first kappa shape index (κ1) is 13.9. The molecule has 2 aliphatic rings. The van der Waals surface area contributed by atoms with E-state index in [0.717, 1.165) is 37.7 Å². The quantitative estimate of drug-likeness (QED) is 0.825. The SMILES string of the molecule is CCCN1CC2OCc3c(cccc3C(F)(F)F)C2C1. The predicted octanol–water partition coefficient (Wildman–Crippen LogP) is 3.41. The lowest BCUT2D eigenvalue weighted by molar-refractivity contribution is -0.139. The molecule has 1 aromatic rings. The zero-order valence-electron chi connectivity index (χ0n) is 11.4. The van der Waals surface area contributed by atoms with Gasteiger partial charge in [0, 0.05) is 19.0 Å². The molecule has 1 aromatic carbocycles. The fourth-order valence-electron chi connectivity index (χ4n) is 3.39. The van der Waals surface area contributed by atoms with E-state index in [1.807, 2.05) is 6.07 Å². The number of halogens is 3. The highest BCUT2D eigenvalue weighted by atomic mass is 19.4. The van der Waals surface area contributed by atoms with E-state index < -0.39 is 11.7 Å². The van der Waals surface area contributed by atoms with Crippen molar-refractivity contribution in [2.75, 3.05) is 19.6 Å². The lowest BCUT2D eigenvalue weighted by Crippen LogP contribution is -2.29. The van der Waals surface area contributed by atoms with Crippen LogP contribution >= 0.6 is 0 Å². The number of nitrogens with zero attached hydrogens (tertiary/aromatic N) is 1. The number of hydrogen-bond acceptors (Lipinski definition) is 2. The largest absolute Gasteiger partial charge is 0.416 e. The van der Waals surface area contributed by atoms with Crippen LogP contribution in [0.15, 0.2) is 18.2 Å². The number of alkyl halides is 3. The summed E-state index contributed by atoms with van der Waals surface area (Å²) in [5.41, 5.74) is 0.622. The van der Waals surface area contributed by atoms with Gasteiger partial charge in [-0.2, -0.15) is 13.2 Å². The van der Waals surface area contributed by atoms with Crippen LogP contribution in [-0.2, 0) is 17.5 Å². The van der Waals surface area contributed by atoms with Crippen molar-refractivity contribution in [1.82, 2.24) is 4.90 Å². The van der Waals surface area contributed by atoms with E-state index >= 15 is 0 Å². The van der Waals surface area contributed by atoms with E-state index in [1.165, 1.54) is 6.07 Å². The summed E-state index contributed by atoms with van der Waals surface area (Å²) in [6, 6.07) is 4.51. The van der Waals surface area contributed by atoms with Crippen molar-refractivity contribution >= 4 is 0 Å². The second-order valence-corrected chi connectivity index (χ2v) is 5.59. The minimum absolute atomic E-state index is 0.0394. The molecule has 2 aliphatic heterocycles. The van der Waals surface area contributed by atoms with Gasteiger partial charge in [-0.25, -0.2) is 0 Å². The van der Waals surface area contributed by atoms with E-state index in [0.29, 0.717) is 5.56 Å². The second kappa shape index (κ2) is 5.04. The summed E-state index contributed by atoms with van der Waals surface area (Å²) in [6.07, 6.45) is -3.21. The maximum Gasteiger partial charge on any atom is 0.416 e. The van der Waals surface area contributed by atoms with Gasteiger partial charge in [0.05, 0.1) is 18.3 Å². The number of ether oxygens (including phenoxy) is 1. The Morgan fingerprint density at radius 2 is 2.10 bits per heavy atom. The second-order valence-electron chi connectivity index (χ2n) is 5.59. The van der Waals surface area contributed by atoms with Crippen LogP contribution in [0.2, 0.25) is 0 Å². The van der Waals surface area contributed by atoms with Gasteiger partial charge in [-0.15, -0.1) is 0 Å². The Balaban J connectivity index is 1.94. The molecule has 2 atom stereocenters. The van der Waals surface area contributed by atoms with Crippen molar-refractivity contribution < 1.29 is 17.9 Å². The molecular weight excluding hydrogens is 267 g/mol. The summed E-state index contributed by atoms with van der Waals surface area (Å²) in [4.78, 5) is 2.28. The summed E-state index contributed by atoms with van der Waals surface area (Å²) in [6.45, 7) is 4.79. The molecule has 0 saturated carbocycles. The lowest BCUT2D eigenvalue weighted by atomic mass is 9.87. The smallest absolute Gasteiger partial charge is 0.371 e. The molecule has 1 fully saturated rings. The van der Waals surface area contributed by atoms with Crippen LogP contribution in [0.25, 0.3) is 0 Å². The Bertz CT molecular complexity index is 500. The highest BCUT2D eigenvalue weighted by molar-refractivity contribution is 5.41. The number of benzene rings is 1. The van der Waals surface area contributed by atoms with Gasteiger partial charge in [0.2, 0.25) is 0 Å². The lowest BCUT2D eigenvalue weighted by Gasteiger charge is -2.29. The average Bonchev–Trinajstić information content (AvgIpc) is 2.80. The standard InChI is InChI=1S/C15H18F3NO/c1-2-6-19-7-11-10-4-3-5-13(15(16,17)18)12(10)9-20-14(11)8-19/h3-5,11,14H,2,6-9H2,1H3. The topological polar surface area (TPSA) is 12.5 Å². The van der Waals surface area contributed by atoms with E-state index in [4.69, 9.17) is 4.74 Å². The summed E-state index contributed by atoms with van der Waals surface area (Å²) < 4.78 is 44.9. The van der Waals surface area contributed by atoms with Crippen LogP contribution in [0, 0.1) is 0 Å². The molecule has 20 heavy (non-hydrogen) atoms. The molecule has 0 amide bonds. The fraction of sp³-hybridized carbons (Fsp3) is 0.600. The fourth-order valence-corrected chi connectivity index (χ4v) is 3.39. The molecular formula is C15H18F3NO. The molecule has 110 valence electrons. The Hall–Kier alpha value is -1.07. The molecule has 1 saturated heterocycles. The summed E-state index contributed by atoms with van der Waals surface area (Å²) in [7, 11) is 0. The van der Waals surface area contributed by atoms with Crippen molar-refractivity contribution in [2.24, 2.45) is 0 Å². The predicted molar refractivity (Wildman–Crippen MR) is 69.5 cm³/mol. The third-order valence-electron chi connectivity index (χ3n) is 4.24. The third kappa shape index (κ3) is 2.33. The first-order valence-electron chi connectivity index (χ1n) is 7.03. The van der Waals surface area contributed by atoms with Crippen LogP contribution in [-0.4, -0.2) is 30.6 Å². The minimum Gasteiger partial charge on any atom is -0.371 e. The van der Waals surface area contributed by atoms with Crippen LogP contribution < -0.4 is 0 Å². The van der Waals surface area contributed by atoms with Gasteiger partial charge in [0.25, 0.3) is 0 Å². The Kier molecular flexibility index (Phi) is 3.50. The number of rotatable bonds is 2. The first-order chi connectivity index (χ1) is 9.50.